The third kappa shape index (κ3) is 3.12. The van der Waals surface area contributed by atoms with Gasteiger partial charge in [0.25, 0.3) is 0 Å². The first kappa shape index (κ1) is 13.4. The van der Waals surface area contributed by atoms with Crippen LogP contribution in [-0.2, 0) is 13.0 Å². The SMILES string of the molecule is CN1CCCC(NCc2cc(Br)cc3c2OCC3)C1. The van der Waals surface area contributed by atoms with Gasteiger partial charge in [-0.3, -0.25) is 0 Å². The quantitative estimate of drug-likeness (QED) is 0.924. The van der Waals surface area contributed by atoms with Crippen LogP contribution in [-0.4, -0.2) is 37.7 Å². The van der Waals surface area contributed by atoms with Gasteiger partial charge in [-0.15, -0.1) is 0 Å². The molecule has 19 heavy (non-hydrogen) atoms. The maximum absolute atomic E-state index is 5.77. The molecule has 0 radical (unpaired) electrons. The van der Waals surface area contributed by atoms with Crippen LogP contribution in [0.4, 0.5) is 0 Å². The van der Waals surface area contributed by atoms with Crippen molar-refractivity contribution in [1.29, 1.82) is 0 Å². The van der Waals surface area contributed by atoms with Gasteiger partial charge in [-0.25, -0.2) is 0 Å². The van der Waals surface area contributed by atoms with Gasteiger partial charge in [-0.05, 0) is 44.1 Å². The van der Waals surface area contributed by atoms with Gasteiger partial charge in [0.1, 0.15) is 5.75 Å². The minimum atomic E-state index is 0.606. The van der Waals surface area contributed by atoms with Crippen molar-refractivity contribution in [2.24, 2.45) is 0 Å². The standard InChI is InChI=1S/C15H21BrN2O/c1-18-5-2-3-14(10-18)17-9-12-8-13(16)7-11-4-6-19-15(11)12/h7-8,14,17H,2-6,9-10H2,1H3. The molecule has 2 heterocycles. The lowest BCUT2D eigenvalue weighted by Crippen LogP contribution is -2.43. The molecule has 4 heteroatoms. The van der Waals surface area contributed by atoms with E-state index in [1.54, 1.807) is 0 Å². The number of fused-ring (bicyclic) bond motifs is 1. The number of piperidine rings is 1. The molecule has 1 N–H and O–H groups in total. The number of halogens is 1. The molecule has 0 aliphatic carbocycles. The molecular formula is C15H21BrN2O. The number of nitrogens with one attached hydrogen (secondary N) is 1. The monoisotopic (exact) mass is 324 g/mol. The maximum Gasteiger partial charge on any atom is 0.127 e. The van der Waals surface area contributed by atoms with Crippen LogP contribution in [0.25, 0.3) is 0 Å². The number of benzene rings is 1. The largest absolute Gasteiger partial charge is 0.493 e. The van der Waals surface area contributed by atoms with E-state index >= 15 is 0 Å². The topological polar surface area (TPSA) is 24.5 Å². The number of hydrogen-bond donors (Lipinski definition) is 1. The summed E-state index contributed by atoms with van der Waals surface area (Å²) in [5, 5.41) is 3.68. The molecule has 104 valence electrons. The van der Waals surface area contributed by atoms with Crippen molar-refractivity contribution in [3.05, 3.63) is 27.7 Å². The van der Waals surface area contributed by atoms with Gasteiger partial charge >= 0.3 is 0 Å². The number of hydrogen-bond acceptors (Lipinski definition) is 3. The van der Waals surface area contributed by atoms with Gasteiger partial charge < -0.3 is 15.0 Å². The third-order valence-corrected chi connectivity index (χ3v) is 4.49. The lowest BCUT2D eigenvalue weighted by atomic mass is 10.0. The molecule has 1 aromatic rings. The minimum Gasteiger partial charge on any atom is -0.493 e. The molecule has 1 saturated heterocycles. The number of ether oxygens (including phenoxy) is 1. The van der Waals surface area contributed by atoms with E-state index in [0.717, 1.165) is 36.3 Å². The Labute approximate surface area is 123 Å². The zero-order valence-electron chi connectivity index (χ0n) is 11.4. The molecule has 0 bridgehead atoms. The van der Waals surface area contributed by atoms with Gasteiger partial charge in [-0.2, -0.15) is 0 Å². The highest BCUT2D eigenvalue weighted by Gasteiger charge is 2.20. The maximum atomic E-state index is 5.77. The molecular weight excluding hydrogens is 304 g/mol. The van der Waals surface area contributed by atoms with Crippen LogP contribution in [0.15, 0.2) is 16.6 Å². The van der Waals surface area contributed by atoms with Crippen LogP contribution in [0.3, 0.4) is 0 Å². The molecule has 1 fully saturated rings. The number of nitrogens with zero attached hydrogens (tertiary/aromatic N) is 1. The second-order valence-electron chi connectivity index (χ2n) is 5.63. The van der Waals surface area contributed by atoms with Gasteiger partial charge in [0.2, 0.25) is 0 Å². The normalized spacial score (nSPS) is 23.2. The Bertz CT molecular complexity index is 464. The molecule has 1 unspecified atom stereocenters. The Morgan fingerprint density at radius 2 is 2.37 bits per heavy atom. The summed E-state index contributed by atoms with van der Waals surface area (Å²) >= 11 is 3.60. The van der Waals surface area contributed by atoms with Crippen molar-refractivity contribution in [3.8, 4) is 5.75 Å². The first-order chi connectivity index (χ1) is 9.22. The zero-order valence-corrected chi connectivity index (χ0v) is 13.0. The number of likely N-dealkylation sites (tertiary alicyclic amines) is 1. The zero-order chi connectivity index (χ0) is 13.2. The Balaban J connectivity index is 1.67. The summed E-state index contributed by atoms with van der Waals surface area (Å²) in [5.41, 5.74) is 2.63. The Kier molecular flexibility index (Phi) is 4.10. The van der Waals surface area contributed by atoms with Gasteiger partial charge in [0.15, 0.2) is 0 Å². The fourth-order valence-electron chi connectivity index (χ4n) is 3.06. The molecule has 1 aromatic carbocycles. The Morgan fingerprint density at radius 3 is 3.21 bits per heavy atom. The van der Waals surface area contributed by atoms with Gasteiger partial charge in [-0.1, -0.05) is 15.9 Å². The summed E-state index contributed by atoms with van der Waals surface area (Å²) in [4.78, 5) is 2.41. The van der Waals surface area contributed by atoms with Crippen molar-refractivity contribution >= 4 is 15.9 Å². The molecule has 0 amide bonds. The van der Waals surface area contributed by atoms with Crippen molar-refractivity contribution in [2.75, 3.05) is 26.7 Å². The van der Waals surface area contributed by atoms with Crippen molar-refractivity contribution < 1.29 is 4.74 Å². The van der Waals surface area contributed by atoms with Crippen molar-refractivity contribution in [2.45, 2.75) is 31.8 Å². The van der Waals surface area contributed by atoms with E-state index in [-0.39, 0.29) is 0 Å². The van der Waals surface area contributed by atoms with Crippen LogP contribution in [0.1, 0.15) is 24.0 Å². The molecule has 0 aromatic heterocycles. The summed E-state index contributed by atoms with van der Waals surface area (Å²) in [5.74, 6) is 1.11. The van der Waals surface area contributed by atoms with Gasteiger partial charge in [0.05, 0.1) is 6.61 Å². The highest BCUT2D eigenvalue weighted by atomic mass is 79.9. The Hall–Kier alpha value is -0.580. The third-order valence-electron chi connectivity index (χ3n) is 4.03. The van der Waals surface area contributed by atoms with Gasteiger partial charge in [0, 0.05) is 35.6 Å². The smallest absolute Gasteiger partial charge is 0.127 e. The lowest BCUT2D eigenvalue weighted by Gasteiger charge is -2.30. The van der Waals surface area contributed by atoms with E-state index in [1.165, 1.54) is 30.5 Å². The summed E-state index contributed by atoms with van der Waals surface area (Å²) in [7, 11) is 2.20. The highest BCUT2D eigenvalue weighted by Crippen LogP contribution is 2.33. The second-order valence-corrected chi connectivity index (χ2v) is 6.55. The summed E-state index contributed by atoms with van der Waals surface area (Å²) in [6.07, 6.45) is 3.61. The van der Waals surface area contributed by atoms with E-state index in [0.29, 0.717) is 6.04 Å². The lowest BCUT2D eigenvalue weighted by molar-refractivity contribution is 0.226. The molecule has 2 aliphatic heterocycles. The first-order valence-corrected chi connectivity index (χ1v) is 7.87. The number of rotatable bonds is 3. The predicted molar refractivity (Wildman–Crippen MR) is 80.7 cm³/mol. The average Bonchev–Trinajstić information content (AvgIpc) is 2.84. The fourth-order valence-corrected chi connectivity index (χ4v) is 3.62. The van der Waals surface area contributed by atoms with Crippen LogP contribution in [0.2, 0.25) is 0 Å². The fraction of sp³-hybridized carbons (Fsp3) is 0.600. The molecule has 1 atom stereocenters. The van der Waals surface area contributed by atoms with Crippen LogP contribution in [0, 0.1) is 0 Å². The highest BCUT2D eigenvalue weighted by molar-refractivity contribution is 9.10. The van der Waals surface area contributed by atoms with Crippen LogP contribution in [0.5, 0.6) is 5.75 Å². The summed E-state index contributed by atoms with van der Waals surface area (Å²) < 4.78 is 6.94. The predicted octanol–water partition coefficient (Wildman–Crippen LogP) is 2.57. The average molecular weight is 325 g/mol. The van der Waals surface area contributed by atoms with Crippen molar-refractivity contribution in [1.82, 2.24) is 10.2 Å². The van der Waals surface area contributed by atoms with E-state index in [2.05, 4.69) is 45.3 Å². The number of likely N-dealkylation sites (N-methyl/N-ethyl adjacent to an activating group) is 1. The van der Waals surface area contributed by atoms with Crippen molar-refractivity contribution in [3.63, 3.8) is 0 Å². The van der Waals surface area contributed by atoms with E-state index in [9.17, 15) is 0 Å². The van der Waals surface area contributed by atoms with E-state index in [1.807, 2.05) is 0 Å². The van der Waals surface area contributed by atoms with Crippen LogP contribution >= 0.6 is 15.9 Å². The molecule has 3 rings (SSSR count). The molecule has 2 aliphatic rings. The second kappa shape index (κ2) is 5.81. The summed E-state index contributed by atoms with van der Waals surface area (Å²) in [6, 6.07) is 4.97. The van der Waals surface area contributed by atoms with E-state index < -0.39 is 0 Å². The molecule has 0 saturated carbocycles. The molecule has 0 spiro atoms. The first-order valence-electron chi connectivity index (χ1n) is 7.08. The summed E-state index contributed by atoms with van der Waals surface area (Å²) in [6.45, 7) is 4.11. The minimum absolute atomic E-state index is 0.606. The molecule has 3 nitrogen and oxygen atoms in total. The van der Waals surface area contributed by atoms with Crippen LogP contribution < -0.4 is 10.1 Å². The Morgan fingerprint density at radius 1 is 1.47 bits per heavy atom. The van der Waals surface area contributed by atoms with E-state index in [4.69, 9.17) is 4.74 Å².